The molecule has 0 fully saturated rings. The highest BCUT2D eigenvalue weighted by molar-refractivity contribution is 7.88. The molecule has 0 saturated heterocycles. The van der Waals surface area contributed by atoms with Gasteiger partial charge in [0.2, 0.25) is 0 Å². The summed E-state index contributed by atoms with van der Waals surface area (Å²) in [6, 6.07) is 0. The van der Waals surface area contributed by atoms with E-state index in [0.29, 0.717) is 0 Å². The molecule has 82 valence electrons. The molecule has 0 aliphatic rings. The molecule has 0 aliphatic heterocycles. The number of carbonyl (C=O) groups excluding carboxylic acids is 1. The molecular weight excluding hydrogens is 216 g/mol. The van der Waals surface area contributed by atoms with Crippen LogP contribution in [0.4, 0.5) is 0 Å². The van der Waals surface area contributed by atoms with Gasteiger partial charge in [-0.15, -0.1) is 0 Å². The third kappa shape index (κ3) is 3.30. The highest BCUT2D eigenvalue weighted by Crippen LogP contribution is 2.09. The molecule has 7 nitrogen and oxygen atoms in total. The number of rotatable bonds is 5. The second-order valence-electron chi connectivity index (χ2n) is 2.27. The molecule has 1 atom stereocenters. The largest absolute Gasteiger partial charge is 0.481 e. The number of ether oxygens (including phenoxy) is 1. The van der Waals surface area contributed by atoms with E-state index in [-0.39, 0.29) is 0 Å². The second-order valence-corrected chi connectivity index (χ2v) is 4.16. The number of methoxy groups -OCH3 is 1. The third-order valence-corrected chi connectivity index (χ3v) is 2.93. The maximum atomic E-state index is 11.0. The van der Waals surface area contributed by atoms with Gasteiger partial charge in [-0.1, -0.05) is 0 Å². The van der Waals surface area contributed by atoms with Crippen LogP contribution in [-0.2, 0) is 28.6 Å². The molecular formula is C6H10O7S. The predicted molar refractivity (Wildman–Crippen MR) is 44.0 cm³/mol. The van der Waals surface area contributed by atoms with E-state index >= 15 is 0 Å². The van der Waals surface area contributed by atoms with Crippen LogP contribution in [0.1, 0.15) is 6.42 Å². The molecule has 0 aromatic rings. The Bertz CT molecular complexity index is 317. The van der Waals surface area contributed by atoms with Crippen molar-refractivity contribution in [1.29, 1.82) is 0 Å². The molecule has 14 heavy (non-hydrogen) atoms. The average molecular weight is 226 g/mol. The number of hydrogen-bond donors (Lipinski definition) is 1. The third-order valence-electron chi connectivity index (χ3n) is 1.40. The molecule has 0 radical (unpaired) electrons. The van der Waals surface area contributed by atoms with Crippen molar-refractivity contribution >= 4 is 22.1 Å². The Morgan fingerprint density at radius 3 is 2.14 bits per heavy atom. The van der Waals surface area contributed by atoms with Gasteiger partial charge in [-0.2, -0.15) is 8.42 Å². The molecule has 0 aromatic carbocycles. The Morgan fingerprint density at radius 1 is 1.36 bits per heavy atom. The fraction of sp³-hybridized carbons (Fsp3) is 0.667. The van der Waals surface area contributed by atoms with Crippen LogP contribution in [0.5, 0.6) is 0 Å². The predicted octanol–water partition coefficient (Wildman–Crippen LogP) is -1.02. The first-order chi connectivity index (χ1) is 6.35. The number of aliphatic carboxylic acids is 1. The lowest BCUT2D eigenvalue weighted by atomic mass is 10.3. The lowest BCUT2D eigenvalue weighted by molar-refractivity contribution is -0.145. The van der Waals surface area contributed by atoms with Crippen LogP contribution in [-0.4, -0.2) is 44.9 Å². The van der Waals surface area contributed by atoms with E-state index in [2.05, 4.69) is 8.92 Å². The van der Waals surface area contributed by atoms with E-state index in [1.165, 1.54) is 0 Å². The van der Waals surface area contributed by atoms with Gasteiger partial charge in [-0.05, 0) is 0 Å². The summed E-state index contributed by atoms with van der Waals surface area (Å²) in [5, 5.41) is 6.54. The molecule has 0 saturated carbocycles. The molecule has 0 heterocycles. The Morgan fingerprint density at radius 2 is 1.86 bits per heavy atom. The van der Waals surface area contributed by atoms with Gasteiger partial charge >= 0.3 is 11.9 Å². The van der Waals surface area contributed by atoms with Crippen LogP contribution < -0.4 is 0 Å². The van der Waals surface area contributed by atoms with Crippen LogP contribution in [0.25, 0.3) is 0 Å². The standard InChI is InChI=1S/C6H10O7S/c1-12-6(9)4(3-5(7)8)14(10,11)13-2/h4H,3H2,1-2H3,(H,7,8). The minimum atomic E-state index is -4.22. The zero-order valence-electron chi connectivity index (χ0n) is 7.59. The van der Waals surface area contributed by atoms with E-state index < -0.39 is 33.7 Å². The zero-order chi connectivity index (χ0) is 11.4. The number of carbonyl (C=O) groups is 2. The van der Waals surface area contributed by atoms with Crippen LogP contribution in [0.2, 0.25) is 0 Å². The minimum absolute atomic E-state index is 0.840. The lowest BCUT2D eigenvalue weighted by Gasteiger charge is -2.10. The normalized spacial score (nSPS) is 13.3. The first-order valence-corrected chi connectivity index (χ1v) is 4.91. The van der Waals surface area contributed by atoms with Crippen LogP contribution in [0, 0.1) is 0 Å². The summed E-state index contributed by atoms with van der Waals surface area (Å²) in [5.41, 5.74) is 0. The topological polar surface area (TPSA) is 107 Å². The van der Waals surface area contributed by atoms with Crippen molar-refractivity contribution in [1.82, 2.24) is 0 Å². The SMILES string of the molecule is COC(=O)C(CC(=O)O)S(=O)(=O)OC. The maximum absolute atomic E-state index is 11.0. The zero-order valence-corrected chi connectivity index (χ0v) is 8.41. The number of carboxylic acid groups (broad SMARTS) is 1. The fourth-order valence-electron chi connectivity index (χ4n) is 0.709. The maximum Gasteiger partial charge on any atom is 0.327 e. The minimum Gasteiger partial charge on any atom is -0.481 e. The van der Waals surface area contributed by atoms with E-state index in [0.717, 1.165) is 14.2 Å². The van der Waals surface area contributed by atoms with E-state index in [1.54, 1.807) is 0 Å². The van der Waals surface area contributed by atoms with Crippen molar-refractivity contribution in [3.63, 3.8) is 0 Å². The van der Waals surface area contributed by atoms with Gasteiger partial charge in [-0.25, -0.2) is 0 Å². The van der Waals surface area contributed by atoms with E-state index in [9.17, 15) is 18.0 Å². The highest BCUT2D eigenvalue weighted by atomic mass is 32.2. The van der Waals surface area contributed by atoms with Gasteiger partial charge in [0, 0.05) is 0 Å². The van der Waals surface area contributed by atoms with Gasteiger partial charge in [0.15, 0.2) is 5.25 Å². The molecule has 8 heteroatoms. The van der Waals surface area contributed by atoms with Gasteiger partial charge in [0.1, 0.15) is 0 Å². The number of carboxylic acids is 1. The summed E-state index contributed by atoms with van der Waals surface area (Å²) >= 11 is 0. The van der Waals surface area contributed by atoms with Gasteiger partial charge in [-0.3, -0.25) is 13.8 Å². The second kappa shape index (κ2) is 4.91. The van der Waals surface area contributed by atoms with Crippen molar-refractivity contribution in [3.8, 4) is 0 Å². The van der Waals surface area contributed by atoms with E-state index in [4.69, 9.17) is 5.11 Å². The Hall–Kier alpha value is -1.15. The van der Waals surface area contributed by atoms with Crippen molar-refractivity contribution in [3.05, 3.63) is 0 Å². The quantitative estimate of drug-likeness (QED) is 0.472. The van der Waals surface area contributed by atoms with Crippen LogP contribution in [0.3, 0.4) is 0 Å². The van der Waals surface area contributed by atoms with Crippen molar-refractivity contribution in [2.75, 3.05) is 14.2 Å². The van der Waals surface area contributed by atoms with Gasteiger partial charge in [0.05, 0.1) is 20.6 Å². The summed E-state index contributed by atoms with van der Waals surface area (Å²) in [7, 11) is -2.42. The summed E-state index contributed by atoms with van der Waals surface area (Å²) in [6.07, 6.45) is -0.886. The molecule has 0 aliphatic carbocycles. The molecule has 0 aromatic heterocycles. The number of esters is 1. The van der Waals surface area contributed by atoms with E-state index in [1.807, 2.05) is 0 Å². The summed E-state index contributed by atoms with van der Waals surface area (Å²) in [4.78, 5) is 21.2. The fourth-order valence-corrected chi connectivity index (χ4v) is 1.62. The Balaban J connectivity index is 4.91. The summed E-state index contributed by atoms with van der Waals surface area (Å²) in [5.74, 6) is -2.59. The van der Waals surface area contributed by atoms with Gasteiger partial charge in [0.25, 0.3) is 10.1 Å². The first-order valence-electron chi connectivity index (χ1n) is 3.44. The van der Waals surface area contributed by atoms with Crippen LogP contribution >= 0.6 is 0 Å². The highest BCUT2D eigenvalue weighted by Gasteiger charge is 2.35. The molecule has 0 bridgehead atoms. The van der Waals surface area contributed by atoms with Crippen molar-refractivity contribution in [2.24, 2.45) is 0 Å². The summed E-state index contributed by atoms with van der Waals surface area (Å²) < 4.78 is 30.3. The average Bonchev–Trinajstić information content (AvgIpc) is 2.12. The van der Waals surface area contributed by atoms with Gasteiger partial charge < -0.3 is 9.84 Å². The molecule has 1 unspecified atom stereocenters. The molecule has 0 spiro atoms. The first kappa shape index (κ1) is 12.8. The Kier molecular flexibility index (Phi) is 4.51. The Labute approximate surface area is 80.7 Å². The summed E-state index contributed by atoms with van der Waals surface area (Å²) in [6.45, 7) is 0. The molecule has 1 N–H and O–H groups in total. The molecule has 0 rings (SSSR count). The van der Waals surface area contributed by atoms with Crippen molar-refractivity contribution < 1.29 is 32.0 Å². The molecule has 0 amide bonds. The lowest BCUT2D eigenvalue weighted by Crippen LogP contribution is -2.34. The monoisotopic (exact) mass is 226 g/mol. The number of hydrogen-bond acceptors (Lipinski definition) is 6. The van der Waals surface area contributed by atoms with Crippen molar-refractivity contribution in [2.45, 2.75) is 11.7 Å². The van der Waals surface area contributed by atoms with Crippen LogP contribution in [0.15, 0.2) is 0 Å². The smallest absolute Gasteiger partial charge is 0.327 e.